The van der Waals surface area contributed by atoms with Crippen LogP contribution in [0.4, 0.5) is 0 Å². The molecular formula is C12H26N2O. The third-order valence-electron chi connectivity index (χ3n) is 3.14. The fraction of sp³-hybridized carbons (Fsp3) is 1.00. The first-order valence-electron chi connectivity index (χ1n) is 6.33. The normalized spacial score (nSPS) is 21.4. The molecule has 1 aliphatic heterocycles. The van der Waals surface area contributed by atoms with Crippen LogP contribution in [0.5, 0.6) is 0 Å². The summed E-state index contributed by atoms with van der Waals surface area (Å²) >= 11 is 0. The molecule has 0 aliphatic carbocycles. The van der Waals surface area contributed by atoms with Crippen molar-refractivity contribution in [3.8, 4) is 0 Å². The summed E-state index contributed by atoms with van der Waals surface area (Å²) in [6, 6.07) is 0.679. The summed E-state index contributed by atoms with van der Waals surface area (Å²) in [5, 5.41) is 3.36. The second-order valence-corrected chi connectivity index (χ2v) is 4.41. The Morgan fingerprint density at radius 1 is 1.33 bits per heavy atom. The summed E-state index contributed by atoms with van der Waals surface area (Å²) in [5.41, 5.74) is 0. The molecule has 1 atom stereocenters. The standard InChI is InChI=1S/C12H26N2O/c1-3-13-8-5-4-6-9-14(2)12-7-10-15-11-12/h12-13H,3-11H2,1-2H3. The van der Waals surface area contributed by atoms with Gasteiger partial charge in [0.2, 0.25) is 0 Å². The smallest absolute Gasteiger partial charge is 0.0622 e. The van der Waals surface area contributed by atoms with Gasteiger partial charge >= 0.3 is 0 Å². The van der Waals surface area contributed by atoms with E-state index in [2.05, 4.69) is 24.2 Å². The second kappa shape index (κ2) is 8.08. The maximum atomic E-state index is 5.39. The van der Waals surface area contributed by atoms with Crippen LogP contribution in [0, 0.1) is 0 Å². The third-order valence-corrected chi connectivity index (χ3v) is 3.14. The average Bonchev–Trinajstić information content (AvgIpc) is 2.76. The highest BCUT2D eigenvalue weighted by atomic mass is 16.5. The zero-order chi connectivity index (χ0) is 10.9. The van der Waals surface area contributed by atoms with Crippen LogP contribution >= 0.6 is 0 Å². The molecule has 1 aliphatic rings. The van der Waals surface area contributed by atoms with E-state index in [1.165, 1.54) is 38.8 Å². The zero-order valence-electron chi connectivity index (χ0n) is 10.3. The van der Waals surface area contributed by atoms with E-state index < -0.39 is 0 Å². The van der Waals surface area contributed by atoms with Gasteiger partial charge in [0.1, 0.15) is 0 Å². The Labute approximate surface area is 94.2 Å². The first-order valence-corrected chi connectivity index (χ1v) is 6.33. The van der Waals surface area contributed by atoms with Crippen LogP contribution in [0.2, 0.25) is 0 Å². The molecule has 1 saturated heterocycles. The first-order chi connectivity index (χ1) is 7.34. The number of hydrogen-bond acceptors (Lipinski definition) is 3. The van der Waals surface area contributed by atoms with Crippen molar-refractivity contribution in [3.05, 3.63) is 0 Å². The Morgan fingerprint density at radius 3 is 2.87 bits per heavy atom. The Bertz CT molecular complexity index is 147. The highest BCUT2D eigenvalue weighted by molar-refractivity contribution is 4.72. The molecular weight excluding hydrogens is 188 g/mol. The second-order valence-electron chi connectivity index (χ2n) is 4.41. The highest BCUT2D eigenvalue weighted by Crippen LogP contribution is 2.11. The summed E-state index contributed by atoms with van der Waals surface area (Å²) in [7, 11) is 2.23. The van der Waals surface area contributed by atoms with E-state index in [1.807, 2.05) is 0 Å². The van der Waals surface area contributed by atoms with Crippen LogP contribution in [-0.4, -0.2) is 50.8 Å². The number of hydrogen-bond donors (Lipinski definition) is 1. The SMILES string of the molecule is CCNCCCCCN(C)C1CCOC1. The maximum absolute atomic E-state index is 5.39. The molecule has 1 fully saturated rings. The molecule has 15 heavy (non-hydrogen) atoms. The lowest BCUT2D eigenvalue weighted by Crippen LogP contribution is -2.32. The molecule has 0 amide bonds. The van der Waals surface area contributed by atoms with Crippen molar-refractivity contribution in [1.82, 2.24) is 10.2 Å². The Kier molecular flexibility index (Phi) is 6.98. The number of unbranched alkanes of at least 4 members (excludes halogenated alkanes) is 2. The number of rotatable bonds is 8. The van der Waals surface area contributed by atoms with Crippen molar-refractivity contribution in [2.24, 2.45) is 0 Å². The minimum Gasteiger partial charge on any atom is -0.380 e. The van der Waals surface area contributed by atoms with Gasteiger partial charge in [0, 0.05) is 12.6 Å². The van der Waals surface area contributed by atoms with Gasteiger partial charge in [0.05, 0.1) is 6.61 Å². The molecule has 0 bridgehead atoms. The van der Waals surface area contributed by atoms with Gasteiger partial charge < -0.3 is 15.0 Å². The van der Waals surface area contributed by atoms with Gasteiger partial charge in [-0.2, -0.15) is 0 Å². The quantitative estimate of drug-likeness (QED) is 0.620. The molecule has 0 spiro atoms. The summed E-state index contributed by atoms with van der Waals surface area (Å²) in [5.74, 6) is 0. The van der Waals surface area contributed by atoms with Crippen LogP contribution in [0.15, 0.2) is 0 Å². The molecule has 0 aromatic heterocycles. The number of nitrogens with one attached hydrogen (secondary N) is 1. The molecule has 3 nitrogen and oxygen atoms in total. The number of nitrogens with zero attached hydrogens (tertiary/aromatic N) is 1. The van der Waals surface area contributed by atoms with E-state index in [4.69, 9.17) is 4.74 Å². The topological polar surface area (TPSA) is 24.5 Å². The molecule has 0 radical (unpaired) electrons. The predicted molar refractivity (Wildman–Crippen MR) is 64.2 cm³/mol. The van der Waals surface area contributed by atoms with Crippen LogP contribution in [0.3, 0.4) is 0 Å². The lowest BCUT2D eigenvalue weighted by molar-refractivity contribution is 0.158. The fourth-order valence-corrected chi connectivity index (χ4v) is 2.02. The van der Waals surface area contributed by atoms with Crippen LogP contribution < -0.4 is 5.32 Å². The first kappa shape index (κ1) is 12.9. The molecule has 0 aromatic carbocycles. The number of likely N-dealkylation sites (N-methyl/N-ethyl adjacent to an activating group) is 1. The minimum atomic E-state index is 0.679. The Balaban J connectivity index is 1.90. The van der Waals surface area contributed by atoms with E-state index in [0.717, 1.165) is 19.8 Å². The largest absolute Gasteiger partial charge is 0.380 e. The molecule has 3 heteroatoms. The van der Waals surface area contributed by atoms with Crippen LogP contribution in [-0.2, 0) is 4.74 Å². The molecule has 90 valence electrons. The molecule has 0 aromatic rings. The van der Waals surface area contributed by atoms with Crippen molar-refractivity contribution in [2.45, 2.75) is 38.6 Å². The van der Waals surface area contributed by atoms with E-state index in [0.29, 0.717) is 6.04 Å². The van der Waals surface area contributed by atoms with Crippen molar-refractivity contribution < 1.29 is 4.74 Å². The molecule has 1 unspecified atom stereocenters. The van der Waals surface area contributed by atoms with Crippen molar-refractivity contribution in [3.63, 3.8) is 0 Å². The van der Waals surface area contributed by atoms with Gasteiger partial charge in [-0.25, -0.2) is 0 Å². The third kappa shape index (κ3) is 5.50. The highest BCUT2D eigenvalue weighted by Gasteiger charge is 2.19. The predicted octanol–water partition coefficient (Wildman–Crippen LogP) is 1.49. The van der Waals surface area contributed by atoms with E-state index >= 15 is 0 Å². The van der Waals surface area contributed by atoms with Crippen molar-refractivity contribution in [2.75, 3.05) is 39.9 Å². The van der Waals surface area contributed by atoms with E-state index in [1.54, 1.807) is 0 Å². The Morgan fingerprint density at radius 2 is 2.20 bits per heavy atom. The summed E-state index contributed by atoms with van der Waals surface area (Å²) in [6.45, 7) is 7.55. The van der Waals surface area contributed by atoms with Gasteiger partial charge in [0.25, 0.3) is 0 Å². The van der Waals surface area contributed by atoms with Crippen molar-refractivity contribution >= 4 is 0 Å². The van der Waals surface area contributed by atoms with Crippen LogP contribution in [0.1, 0.15) is 32.6 Å². The van der Waals surface area contributed by atoms with Gasteiger partial charge in [-0.1, -0.05) is 13.3 Å². The lowest BCUT2D eigenvalue weighted by atomic mass is 10.2. The van der Waals surface area contributed by atoms with E-state index in [9.17, 15) is 0 Å². The van der Waals surface area contributed by atoms with Crippen LogP contribution in [0.25, 0.3) is 0 Å². The van der Waals surface area contributed by atoms with Gasteiger partial charge in [0.15, 0.2) is 0 Å². The minimum absolute atomic E-state index is 0.679. The molecule has 0 saturated carbocycles. The van der Waals surface area contributed by atoms with E-state index in [-0.39, 0.29) is 0 Å². The summed E-state index contributed by atoms with van der Waals surface area (Å²) < 4.78 is 5.39. The molecule has 1 N–H and O–H groups in total. The van der Waals surface area contributed by atoms with Gasteiger partial charge in [-0.3, -0.25) is 0 Å². The number of ether oxygens (including phenoxy) is 1. The van der Waals surface area contributed by atoms with Gasteiger partial charge in [-0.15, -0.1) is 0 Å². The molecule has 1 heterocycles. The summed E-state index contributed by atoms with van der Waals surface area (Å²) in [6.07, 6.45) is 5.18. The van der Waals surface area contributed by atoms with Gasteiger partial charge in [-0.05, 0) is 45.9 Å². The maximum Gasteiger partial charge on any atom is 0.0622 e. The molecule has 1 rings (SSSR count). The average molecular weight is 214 g/mol. The fourth-order valence-electron chi connectivity index (χ4n) is 2.02. The van der Waals surface area contributed by atoms with Crippen molar-refractivity contribution in [1.29, 1.82) is 0 Å². The lowest BCUT2D eigenvalue weighted by Gasteiger charge is -2.22. The Hall–Kier alpha value is -0.120. The summed E-state index contributed by atoms with van der Waals surface area (Å²) in [4.78, 5) is 2.46. The zero-order valence-corrected chi connectivity index (χ0v) is 10.3. The monoisotopic (exact) mass is 214 g/mol.